The van der Waals surface area contributed by atoms with E-state index in [-0.39, 0.29) is 5.41 Å². The molecule has 0 aliphatic carbocycles. The van der Waals surface area contributed by atoms with Gasteiger partial charge in [-0.1, -0.05) is 51.1 Å². The molecule has 0 atom stereocenters. The maximum Gasteiger partial charge on any atom is 0.150 e. The third-order valence-corrected chi connectivity index (χ3v) is 7.51. The highest BCUT2D eigenvalue weighted by Crippen LogP contribution is 2.36. The van der Waals surface area contributed by atoms with Crippen LogP contribution in [0.15, 0.2) is 48.7 Å². The Morgan fingerprint density at radius 3 is 2.19 bits per heavy atom. The first kappa shape index (κ1) is 18.3. The van der Waals surface area contributed by atoms with Crippen LogP contribution in [0.2, 0.25) is 0 Å². The molecule has 4 rings (SSSR count). The Balaban J connectivity index is 1.68. The lowest BCUT2D eigenvalue weighted by molar-refractivity contribution is 0.551. The molecule has 3 aromatic rings. The number of fused-ring (bicyclic) bond motifs is 1. The van der Waals surface area contributed by atoms with Crippen LogP contribution >= 0.6 is 0 Å². The Morgan fingerprint density at radius 1 is 0.926 bits per heavy atom. The van der Waals surface area contributed by atoms with Crippen LogP contribution < -0.4 is 0 Å². The van der Waals surface area contributed by atoms with Gasteiger partial charge in [-0.25, -0.2) is 8.42 Å². The van der Waals surface area contributed by atoms with Gasteiger partial charge in [0.15, 0.2) is 0 Å². The van der Waals surface area contributed by atoms with Gasteiger partial charge in [-0.2, -0.15) is 0 Å². The van der Waals surface area contributed by atoms with E-state index in [1.165, 1.54) is 27.6 Å². The van der Waals surface area contributed by atoms with Gasteiger partial charge in [-0.05, 0) is 58.6 Å². The van der Waals surface area contributed by atoms with Crippen LogP contribution in [0.1, 0.15) is 50.7 Å². The summed E-state index contributed by atoms with van der Waals surface area (Å²) in [4.78, 5) is 3.36. The molecule has 1 aliphatic rings. The first-order chi connectivity index (χ1) is 12.7. The van der Waals surface area contributed by atoms with Crippen molar-refractivity contribution in [2.75, 3.05) is 11.5 Å². The molecule has 27 heavy (non-hydrogen) atoms. The van der Waals surface area contributed by atoms with Crippen molar-refractivity contribution in [3.8, 4) is 11.1 Å². The van der Waals surface area contributed by atoms with Crippen molar-refractivity contribution >= 4 is 20.7 Å². The molecule has 0 bridgehead atoms. The minimum Gasteiger partial charge on any atom is -0.361 e. The van der Waals surface area contributed by atoms with Gasteiger partial charge in [-0.3, -0.25) is 0 Å². The zero-order chi connectivity index (χ0) is 19.2. The standard InChI is InChI=1S/C23H27NO2S/c1-23(2,3)19-7-4-16(5-8-19)18-6-9-22-20(14-18)21(15-24-22)17-10-12-27(25,26)13-11-17/h4-9,14-15,17,24H,10-13H2,1-3H3. The average molecular weight is 382 g/mol. The molecule has 2 heterocycles. The van der Waals surface area contributed by atoms with E-state index in [1.54, 1.807) is 0 Å². The number of sulfone groups is 1. The molecule has 1 saturated heterocycles. The van der Waals surface area contributed by atoms with Gasteiger partial charge in [0.2, 0.25) is 0 Å². The molecular weight excluding hydrogens is 354 g/mol. The summed E-state index contributed by atoms with van der Waals surface area (Å²) in [5.41, 5.74) is 6.27. The summed E-state index contributed by atoms with van der Waals surface area (Å²) in [6.07, 6.45) is 3.51. The maximum absolute atomic E-state index is 11.8. The number of rotatable bonds is 2. The molecule has 0 radical (unpaired) electrons. The number of aromatic amines is 1. The first-order valence-electron chi connectivity index (χ1n) is 9.65. The number of nitrogens with one attached hydrogen (secondary N) is 1. The smallest absolute Gasteiger partial charge is 0.150 e. The van der Waals surface area contributed by atoms with Gasteiger partial charge in [0, 0.05) is 17.1 Å². The molecule has 4 heteroatoms. The first-order valence-corrected chi connectivity index (χ1v) is 11.5. The minimum atomic E-state index is -2.84. The van der Waals surface area contributed by atoms with E-state index in [4.69, 9.17) is 0 Å². The summed E-state index contributed by atoms with van der Waals surface area (Å²) < 4.78 is 23.5. The number of hydrogen-bond acceptors (Lipinski definition) is 2. The van der Waals surface area contributed by atoms with E-state index in [1.807, 2.05) is 0 Å². The van der Waals surface area contributed by atoms with Gasteiger partial charge in [0.05, 0.1) is 11.5 Å². The fourth-order valence-corrected chi connectivity index (χ4v) is 5.51. The molecule has 1 fully saturated rings. The van der Waals surface area contributed by atoms with E-state index in [0.29, 0.717) is 17.4 Å². The van der Waals surface area contributed by atoms with Gasteiger partial charge in [0.25, 0.3) is 0 Å². The molecule has 1 N–H and O–H groups in total. The van der Waals surface area contributed by atoms with Crippen LogP contribution in [0, 0.1) is 0 Å². The van der Waals surface area contributed by atoms with Crippen LogP contribution in [0.4, 0.5) is 0 Å². The number of hydrogen-bond donors (Lipinski definition) is 1. The highest BCUT2D eigenvalue weighted by atomic mass is 32.2. The van der Waals surface area contributed by atoms with Gasteiger partial charge in [0.1, 0.15) is 9.84 Å². The maximum atomic E-state index is 11.8. The summed E-state index contributed by atoms with van der Waals surface area (Å²) in [7, 11) is -2.84. The Morgan fingerprint density at radius 2 is 1.56 bits per heavy atom. The monoisotopic (exact) mass is 381 g/mol. The molecule has 142 valence electrons. The fourth-order valence-electron chi connectivity index (χ4n) is 4.02. The zero-order valence-electron chi connectivity index (χ0n) is 16.2. The minimum absolute atomic E-state index is 0.150. The molecule has 0 spiro atoms. The second-order valence-electron chi connectivity index (χ2n) is 8.76. The highest BCUT2D eigenvalue weighted by molar-refractivity contribution is 7.91. The van der Waals surface area contributed by atoms with Crippen molar-refractivity contribution in [3.05, 3.63) is 59.8 Å². The van der Waals surface area contributed by atoms with Crippen molar-refractivity contribution in [1.82, 2.24) is 4.98 Å². The van der Waals surface area contributed by atoms with Crippen molar-refractivity contribution in [2.24, 2.45) is 0 Å². The second-order valence-corrected chi connectivity index (χ2v) is 11.1. The van der Waals surface area contributed by atoms with Crippen molar-refractivity contribution in [2.45, 2.75) is 44.9 Å². The largest absolute Gasteiger partial charge is 0.361 e. The van der Waals surface area contributed by atoms with Crippen LogP contribution in [-0.4, -0.2) is 24.9 Å². The lowest BCUT2D eigenvalue weighted by Crippen LogP contribution is -2.21. The van der Waals surface area contributed by atoms with Crippen LogP contribution in [-0.2, 0) is 15.3 Å². The Labute approximate surface area is 161 Å². The lowest BCUT2D eigenvalue weighted by atomic mass is 9.86. The number of aromatic nitrogens is 1. The molecule has 1 aromatic heterocycles. The summed E-state index contributed by atoms with van der Waals surface area (Å²) in [5.74, 6) is 0.928. The van der Waals surface area contributed by atoms with E-state index in [0.717, 1.165) is 18.4 Å². The van der Waals surface area contributed by atoms with Crippen LogP contribution in [0.3, 0.4) is 0 Å². The third kappa shape index (κ3) is 3.68. The Kier molecular flexibility index (Phi) is 4.42. The summed E-state index contributed by atoms with van der Waals surface area (Å²) in [5, 5.41) is 1.22. The number of benzene rings is 2. The predicted octanol–water partition coefficient (Wildman–Crippen LogP) is 5.42. The SMILES string of the molecule is CC(C)(C)c1ccc(-c2ccc3[nH]cc(C4CCS(=O)(=O)CC4)c3c2)cc1. The van der Waals surface area contributed by atoms with E-state index in [2.05, 4.69) is 74.4 Å². The van der Waals surface area contributed by atoms with E-state index >= 15 is 0 Å². The van der Waals surface area contributed by atoms with Crippen molar-refractivity contribution in [1.29, 1.82) is 0 Å². The predicted molar refractivity (Wildman–Crippen MR) is 113 cm³/mol. The zero-order valence-corrected chi connectivity index (χ0v) is 17.1. The summed E-state index contributed by atoms with van der Waals surface area (Å²) in [6, 6.07) is 15.3. The number of H-pyrrole nitrogens is 1. The van der Waals surface area contributed by atoms with Crippen molar-refractivity contribution in [3.63, 3.8) is 0 Å². The molecular formula is C23H27NO2S. The van der Waals surface area contributed by atoms with E-state index < -0.39 is 9.84 Å². The highest BCUT2D eigenvalue weighted by Gasteiger charge is 2.26. The van der Waals surface area contributed by atoms with Gasteiger partial charge >= 0.3 is 0 Å². The molecule has 0 unspecified atom stereocenters. The second kappa shape index (κ2) is 6.52. The van der Waals surface area contributed by atoms with Gasteiger partial charge < -0.3 is 4.98 Å². The Bertz CT molecular complexity index is 1060. The molecule has 3 nitrogen and oxygen atoms in total. The normalized spacial score (nSPS) is 18.0. The van der Waals surface area contributed by atoms with Crippen molar-refractivity contribution < 1.29 is 8.42 Å². The van der Waals surface area contributed by atoms with Gasteiger partial charge in [-0.15, -0.1) is 0 Å². The van der Waals surface area contributed by atoms with Crippen LogP contribution in [0.5, 0.6) is 0 Å². The van der Waals surface area contributed by atoms with Crippen LogP contribution in [0.25, 0.3) is 22.0 Å². The quantitative estimate of drug-likeness (QED) is 0.644. The topological polar surface area (TPSA) is 49.9 Å². The molecule has 0 saturated carbocycles. The lowest BCUT2D eigenvalue weighted by Gasteiger charge is -2.21. The van der Waals surface area contributed by atoms with E-state index in [9.17, 15) is 8.42 Å². The fraction of sp³-hybridized carbons (Fsp3) is 0.391. The summed E-state index contributed by atoms with van der Waals surface area (Å²) in [6.45, 7) is 6.68. The molecule has 0 amide bonds. The Hall–Kier alpha value is -2.07. The summed E-state index contributed by atoms with van der Waals surface area (Å²) >= 11 is 0. The third-order valence-electron chi connectivity index (χ3n) is 5.79. The average Bonchev–Trinajstić information content (AvgIpc) is 3.04. The molecule has 1 aliphatic heterocycles. The molecule has 2 aromatic carbocycles.